The summed E-state index contributed by atoms with van der Waals surface area (Å²) in [6.07, 6.45) is -2.89. The highest BCUT2D eigenvalue weighted by Gasteiger charge is 2.23. The summed E-state index contributed by atoms with van der Waals surface area (Å²) in [5.41, 5.74) is -0.497. The van der Waals surface area contributed by atoms with Crippen LogP contribution in [-0.4, -0.2) is 32.5 Å². The lowest BCUT2D eigenvalue weighted by atomic mass is 10.2. The van der Waals surface area contributed by atoms with Crippen LogP contribution in [0.25, 0.3) is 0 Å². The van der Waals surface area contributed by atoms with E-state index >= 15 is 0 Å². The van der Waals surface area contributed by atoms with Crippen molar-refractivity contribution in [3.05, 3.63) is 27.7 Å². The van der Waals surface area contributed by atoms with Crippen molar-refractivity contribution in [1.82, 2.24) is 4.72 Å². The highest BCUT2D eigenvalue weighted by molar-refractivity contribution is 7.89. The Morgan fingerprint density at radius 2 is 1.89 bits per heavy atom. The molecule has 0 aliphatic heterocycles. The molecule has 0 heterocycles. The Morgan fingerprint density at radius 3 is 2.37 bits per heavy atom. The summed E-state index contributed by atoms with van der Waals surface area (Å²) >= 11 is 11.2. The zero-order valence-corrected chi connectivity index (χ0v) is 11.4. The molecule has 0 aliphatic carbocycles. The number of aromatic carboxylic acids is 1. The zero-order valence-electron chi connectivity index (χ0n) is 9.03. The molecule has 1 aromatic carbocycles. The fraction of sp³-hybridized carbons (Fsp3) is 0.222. The van der Waals surface area contributed by atoms with Crippen molar-refractivity contribution in [1.29, 1.82) is 0 Å². The molecule has 0 bridgehead atoms. The summed E-state index contributed by atoms with van der Waals surface area (Å²) in [5, 5.41) is 8.18. The van der Waals surface area contributed by atoms with E-state index in [1.807, 2.05) is 0 Å². The van der Waals surface area contributed by atoms with Gasteiger partial charge in [-0.2, -0.15) is 0 Å². The molecule has 0 unspecified atom stereocenters. The number of hydrogen-bond acceptors (Lipinski definition) is 3. The normalized spacial score (nSPS) is 11.8. The third-order valence-corrected chi connectivity index (χ3v) is 4.17. The van der Waals surface area contributed by atoms with Gasteiger partial charge in [-0.1, -0.05) is 23.2 Å². The largest absolute Gasteiger partial charge is 0.478 e. The minimum Gasteiger partial charge on any atom is -0.478 e. The third kappa shape index (κ3) is 4.00. The number of carboxylic acid groups (broad SMARTS) is 1. The maximum Gasteiger partial charge on any atom is 0.337 e. The lowest BCUT2D eigenvalue weighted by Crippen LogP contribution is -2.29. The predicted molar refractivity (Wildman–Crippen MR) is 64.6 cm³/mol. The SMILES string of the molecule is O=C(O)c1cc(S(=O)(=O)NCC(F)F)c(Cl)cc1Cl. The van der Waals surface area contributed by atoms with Crippen molar-refractivity contribution in [3.8, 4) is 0 Å². The number of benzene rings is 1. The number of carbonyl (C=O) groups is 1. The van der Waals surface area contributed by atoms with Crippen molar-refractivity contribution >= 4 is 39.2 Å². The Bertz CT molecular complexity index is 606. The first-order chi connectivity index (χ1) is 8.65. The number of carboxylic acids is 1. The molecule has 0 atom stereocenters. The second-order valence-corrected chi connectivity index (χ2v) is 5.86. The molecule has 0 aliphatic rings. The minimum absolute atomic E-state index is 0.259. The van der Waals surface area contributed by atoms with E-state index in [2.05, 4.69) is 0 Å². The van der Waals surface area contributed by atoms with Crippen molar-refractivity contribution in [2.24, 2.45) is 0 Å². The fourth-order valence-electron chi connectivity index (χ4n) is 1.15. The molecular formula is C9H7Cl2F2NO4S. The summed E-state index contributed by atoms with van der Waals surface area (Å²) in [5.74, 6) is -1.47. The highest BCUT2D eigenvalue weighted by Crippen LogP contribution is 2.28. The third-order valence-electron chi connectivity index (χ3n) is 1.97. The Morgan fingerprint density at radius 1 is 1.32 bits per heavy atom. The molecule has 2 N–H and O–H groups in total. The van der Waals surface area contributed by atoms with Gasteiger partial charge in [0.2, 0.25) is 10.0 Å². The number of sulfonamides is 1. The Balaban J connectivity index is 3.27. The van der Waals surface area contributed by atoms with Gasteiger partial charge in [-0.15, -0.1) is 0 Å². The van der Waals surface area contributed by atoms with Crippen LogP contribution in [0.1, 0.15) is 10.4 Å². The van der Waals surface area contributed by atoms with Crippen molar-refractivity contribution in [3.63, 3.8) is 0 Å². The van der Waals surface area contributed by atoms with Crippen molar-refractivity contribution in [2.75, 3.05) is 6.54 Å². The fourth-order valence-corrected chi connectivity index (χ4v) is 3.01. The maximum atomic E-state index is 12.0. The summed E-state index contributed by atoms with van der Waals surface area (Å²) in [7, 11) is -4.34. The second-order valence-electron chi connectivity index (χ2n) is 3.31. The van der Waals surface area contributed by atoms with Gasteiger partial charge in [0.05, 0.1) is 22.2 Å². The van der Waals surface area contributed by atoms with Gasteiger partial charge in [0.1, 0.15) is 4.90 Å². The molecule has 0 radical (unpaired) electrons. The monoisotopic (exact) mass is 333 g/mol. The van der Waals surface area contributed by atoms with Gasteiger partial charge in [0.15, 0.2) is 0 Å². The summed E-state index contributed by atoms with van der Waals surface area (Å²) in [6, 6.07) is 1.63. The van der Waals surface area contributed by atoms with Crippen LogP contribution in [0.15, 0.2) is 17.0 Å². The standard InChI is InChI=1S/C9H7Cl2F2NO4S/c10-5-2-6(11)7(1-4(5)9(15)16)19(17,18)14-3-8(12)13/h1-2,8,14H,3H2,(H,15,16). The second kappa shape index (κ2) is 6.00. The molecule has 0 saturated heterocycles. The molecule has 0 spiro atoms. The van der Waals surface area contributed by atoms with Gasteiger partial charge in [0, 0.05) is 0 Å². The Kier molecular flexibility index (Phi) is 5.08. The first-order valence-electron chi connectivity index (χ1n) is 4.65. The van der Waals surface area contributed by atoms with Gasteiger partial charge in [0.25, 0.3) is 6.43 Å². The van der Waals surface area contributed by atoms with Crippen LogP contribution >= 0.6 is 23.2 Å². The lowest BCUT2D eigenvalue weighted by molar-refractivity contribution is 0.0696. The van der Waals surface area contributed by atoms with E-state index in [9.17, 15) is 22.0 Å². The topological polar surface area (TPSA) is 83.5 Å². The average molecular weight is 334 g/mol. The molecule has 19 heavy (non-hydrogen) atoms. The molecule has 10 heteroatoms. The van der Waals surface area contributed by atoms with Crippen LogP contribution in [0.5, 0.6) is 0 Å². The number of hydrogen-bond donors (Lipinski definition) is 2. The molecule has 0 saturated carbocycles. The summed E-state index contributed by atoms with van der Waals surface area (Å²) in [4.78, 5) is 10.2. The van der Waals surface area contributed by atoms with E-state index in [-0.39, 0.29) is 10.0 Å². The van der Waals surface area contributed by atoms with Gasteiger partial charge in [-0.25, -0.2) is 26.7 Å². The van der Waals surface area contributed by atoms with E-state index in [0.29, 0.717) is 6.07 Å². The molecule has 0 aromatic heterocycles. The molecule has 106 valence electrons. The van der Waals surface area contributed by atoms with E-state index in [1.165, 1.54) is 0 Å². The molecule has 5 nitrogen and oxygen atoms in total. The van der Waals surface area contributed by atoms with E-state index in [0.717, 1.165) is 6.07 Å². The minimum atomic E-state index is -4.34. The number of rotatable bonds is 5. The summed E-state index contributed by atoms with van der Waals surface area (Å²) < 4.78 is 48.9. The molecule has 0 amide bonds. The number of alkyl halides is 2. The zero-order chi connectivity index (χ0) is 14.8. The first-order valence-corrected chi connectivity index (χ1v) is 6.89. The highest BCUT2D eigenvalue weighted by atomic mass is 35.5. The van der Waals surface area contributed by atoms with E-state index in [4.69, 9.17) is 28.3 Å². The van der Waals surface area contributed by atoms with Crippen LogP contribution in [0.3, 0.4) is 0 Å². The maximum absolute atomic E-state index is 12.0. The van der Waals surface area contributed by atoms with Crippen LogP contribution in [-0.2, 0) is 10.0 Å². The molecule has 1 aromatic rings. The lowest BCUT2D eigenvalue weighted by Gasteiger charge is -2.09. The molecular weight excluding hydrogens is 327 g/mol. The number of halogens is 4. The van der Waals surface area contributed by atoms with E-state index < -0.39 is 39.4 Å². The van der Waals surface area contributed by atoms with Crippen LogP contribution in [0, 0.1) is 0 Å². The first kappa shape index (κ1) is 16.1. The van der Waals surface area contributed by atoms with Gasteiger partial charge in [-0.3, -0.25) is 0 Å². The van der Waals surface area contributed by atoms with Gasteiger partial charge in [-0.05, 0) is 12.1 Å². The van der Waals surface area contributed by atoms with E-state index in [1.54, 1.807) is 4.72 Å². The van der Waals surface area contributed by atoms with Crippen LogP contribution in [0.2, 0.25) is 10.0 Å². The smallest absolute Gasteiger partial charge is 0.337 e. The van der Waals surface area contributed by atoms with Crippen LogP contribution in [0.4, 0.5) is 8.78 Å². The number of nitrogens with one attached hydrogen (secondary N) is 1. The molecule has 1 rings (SSSR count). The Labute approximate surface area is 117 Å². The van der Waals surface area contributed by atoms with Gasteiger partial charge >= 0.3 is 5.97 Å². The average Bonchev–Trinajstić information content (AvgIpc) is 2.25. The van der Waals surface area contributed by atoms with Crippen LogP contribution < -0.4 is 4.72 Å². The van der Waals surface area contributed by atoms with Crippen molar-refractivity contribution < 1.29 is 27.1 Å². The predicted octanol–water partition coefficient (Wildman–Crippen LogP) is 2.24. The Hall–Kier alpha value is -0.960. The summed E-state index contributed by atoms with van der Waals surface area (Å²) in [6.45, 7) is -1.11. The van der Waals surface area contributed by atoms with Gasteiger partial charge < -0.3 is 5.11 Å². The van der Waals surface area contributed by atoms with Crippen molar-refractivity contribution in [2.45, 2.75) is 11.3 Å². The quantitative estimate of drug-likeness (QED) is 0.865. The molecule has 0 fully saturated rings.